The predicted octanol–water partition coefficient (Wildman–Crippen LogP) is 5.67. The van der Waals surface area contributed by atoms with Gasteiger partial charge in [0.2, 0.25) is 27.7 Å². The van der Waals surface area contributed by atoms with Crippen molar-refractivity contribution in [2.75, 3.05) is 13.7 Å². The van der Waals surface area contributed by atoms with E-state index in [0.717, 1.165) is 6.42 Å². The number of nitrogens with zero attached hydrogens (tertiary/aromatic N) is 4. The predicted molar refractivity (Wildman–Crippen MR) is 221 cm³/mol. The van der Waals surface area contributed by atoms with Gasteiger partial charge in [0.1, 0.15) is 29.5 Å². The van der Waals surface area contributed by atoms with E-state index in [1.54, 1.807) is 59.3 Å². The summed E-state index contributed by atoms with van der Waals surface area (Å²) in [4.78, 5) is 68.6. The summed E-state index contributed by atoms with van der Waals surface area (Å²) >= 11 is 0. The number of methoxy groups -OCH3 is 1. The summed E-state index contributed by atoms with van der Waals surface area (Å²) in [6, 6.07) is 2.99. The Balaban J connectivity index is 1.29. The van der Waals surface area contributed by atoms with E-state index in [0.29, 0.717) is 59.9 Å². The van der Waals surface area contributed by atoms with E-state index in [1.165, 1.54) is 16.2 Å². The van der Waals surface area contributed by atoms with E-state index >= 15 is 4.79 Å². The number of hydrogen-bond donors (Lipinski definition) is 3. The third-order valence-corrected chi connectivity index (χ3v) is 15.0. The van der Waals surface area contributed by atoms with Crippen LogP contribution in [0.15, 0.2) is 53.6 Å². The number of aromatic nitrogens is 2. The first-order valence-corrected chi connectivity index (χ1v) is 22.2. The van der Waals surface area contributed by atoms with Gasteiger partial charge >= 0.3 is 6.09 Å². The van der Waals surface area contributed by atoms with E-state index in [-0.39, 0.29) is 31.2 Å². The van der Waals surface area contributed by atoms with Crippen molar-refractivity contribution in [1.82, 2.24) is 29.8 Å². The topological polar surface area (TPSA) is 211 Å². The minimum absolute atomic E-state index is 0.0299. The average molecular weight is 849 g/mol. The van der Waals surface area contributed by atoms with Gasteiger partial charge in [0.05, 0.1) is 24.6 Å². The van der Waals surface area contributed by atoms with Gasteiger partial charge in [-0.1, -0.05) is 32.4 Å². The fraction of sp³-hybridized carbons (Fsp3) is 0.581. The second kappa shape index (κ2) is 16.0. The molecular weight excluding hydrogens is 793 g/mol. The summed E-state index contributed by atoms with van der Waals surface area (Å²) in [5.74, 6) is -1.58. The number of rotatable bonds is 9. The molecule has 3 fully saturated rings. The van der Waals surface area contributed by atoms with Crippen LogP contribution in [-0.2, 0) is 24.4 Å². The molecule has 0 radical (unpaired) electrons. The van der Waals surface area contributed by atoms with Gasteiger partial charge in [-0.05, 0) is 96.3 Å². The maximum absolute atomic E-state index is 15.3. The number of sulfonamides is 1. The molecule has 0 spiro atoms. The number of carbonyl (C=O) groups is 4. The lowest BCUT2D eigenvalue weighted by Crippen LogP contribution is -2.62. The van der Waals surface area contributed by atoms with Crippen LogP contribution in [0.4, 0.5) is 4.79 Å². The van der Waals surface area contributed by atoms with Crippen LogP contribution in [0.1, 0.15) is 92.9 Å². The fourth-order valence-electron chi connectivity index (χ4n) is 8.87. The van der Waals surface area contributed by atoms with Crippen LogP contribution in [0, 0.1) is 17.8 Å². The molecule has 3 aromatic rings. The Morgan fingerprint density at radius 1 is 1.15 bits per heavy atom. The van der Waals surface area contributed by atoms with E-state index in [4.69, 9.17) is 13.9 Å². The Labute approximate surface area is 350 Å². The van der Waals surface area contributed by atoms with Crippen molar-refractivity contribution in [3.8, 4) is 23.0 Å². The van der Waals surface area contributed by atoms with Gasteiger partial charge in [-0.2, -0.15) is 0 Å². The number of allylic oxidation sites excluding steroid dienone is 1. The molecule has 2 saturated carbocycles. The SMILES string of the molecule is CC[C@@H]1C[C@H](C)CCC=C[C@@H]2C[C@@]2(C(=O)NS(=O)(=O)C2(C)CC2)NC(=O)[C@@H]2C[C@@H](Oc3ncc(-c4cnco4)c4cc(OC)ccc34)CN2C(=O)[C@H]1N(C(=O)O)C(C)(C)C. The molecule has 2 aliphatic carbocycles. The molecule has 0 bridgehead atoms. The minimum Gasteiger partial charge on any atom is -0.497 e. The fourth-order valence-corrected chi connectivity index (χ4v) is 10.2. The summed E-state index contributed by atoms with van der Waals surface area (Å²) in [7, 11) is -2.49. The maximum Gasteiger partial charge on any atom is 0.408 e. The number of oxazole rings is 1. The number of hydrogen-bond acceptors (Lipinski definition) is 11. The minimum atomic E-state index is -4.04. The zero-order chi connectivity index (χ0) is 43.4. The van der Waals surface area contributed by atoms with Crippen LogP contribution in [-0.4, -0.2) is 105 Å². The number of benzene rings is 1. The molecule has 2 aliphatic heterocycles. The van der Waals surface area contributed by atoms with Crippen molar-refractivity contribution in [2.45, 2.75) is 127 Å². The molecule has 324 valence electrons. The second-order valence-electron chi connectivity index (χ2n) is 18.2. The molecule has 1 aromatic carbocycles. The van der Waals surface area contributed by atoms with Gasteiger partial charge < -0.3 is 29.2 Å². The zero-order valence-corrected chi connectivity index (χ0v) is 36.1. The number of nitrogens with one attached hydrogen (secondary N) is 2. The van der Waals surface area contributed by atoms with Crippen molar-refractivity contribution < 1.29 is 46.6 Å². The third kappa shape index (κ3) is 8.16. The molecule has 17 heteroatoms. The van der Waals surface area contributed by atoms with Crippen molar-refractivity contribution in [1.29, 1.82) is 0 Å². The van der Waals surface area contributed by atoms with Gasteiger partial charge in [0.25, 0.3) is 5.91 Å². The molecule has 0 unspecified atom stereocenters. The van der Waals surface area contributed by atoms with E-state index in [2.05, 4.69) is 26.9 Å². The van der Waals surface area contributed by atoms with Gasteiger partial charge in [0.15, 0.2) is 12.2 Å². The molecule has 2 aromatic heterocycles. The normalized spacial score (nSPS) is 28.1. The quantitative estimate of drug-likeness (QED) is 0.223. The number of carboxylic acid groups (broad SMARTS) is 1. The first kappa shape index (κ1) is 42.9. The van der Waals surface area contributed by atoms with Crippen molar-refractivity contribution >= 4 is 44.6 Å². The summed E-state index contributed by atoms with van der Waals surface area (Å²) in [6.45, 7) is 10.7. The van der Waals surface area contributed by atoms with Gasteiger partial charge in [-0.3, -0.25) is 24.0 Å². The van der Waals surface area contributed by atoms with E-state index in [9.17, 15) is 27.9 Å². The highest BCUT2D eigenvalue weighted by Crippen LogP contribution is 2.48. The molecule has 4 amide bonds. The Hall–Kier alpha value is -5.19. The molecule has 7 rings (SSSR count). The highest BCUT2D eigenvalue weighted by molar-refractivity contribution is 7.91. The average Bonchev–Trinajstić information content (AvgIpc) is 3.94. The molecule has 1 saturated heterocycles. The summed E-state index contributed by atoms with van der Waals surface area (Å²) in [5.41, 5.74) is -1.94. The Morgan fingerprint density at radius 2 is 1.90 bits per heavy atom. The molecule has 4 aliphatic rings. The highest BCUT2D eigenvalue weighted by atomic mass is 32.2. The smallest absolute Gasteiger partial charge is 0.408 e. The Morgan fingerprint density at radius 3 is 2.53 bits per heavy atom. The first-order chi connectivity index (χ1) is 28.3. The molecule has 4 heterocycles. The third-order valence-electron chi connectivity index (χ3n) is 12.8. The van der Waals surface area contributed by atoms with E-state index < -0.39 is 79.7 Å². The number of pyridine rings is 1. The first-order valence-electron chi connectivity index (χ1n) is 20.7. The van der Waals surface area contributed by atoms with Crippen LogP contribution in [0.5, 0.6) is 11.6 Å². The Bertz CT molecular complexity index is 2290. The van der Waals surface area contributed by atoms with E-state index in [1.807, 2.05) is 25.1 Å². The number of carbonyl (C=O) groups excluding carboxylic acids is 3. The van der Waals surface area contributed by atoms with Crippen molar-refractivity contribution in [3.63, 3.8) is 0 Å². The second-order valence-corrected chi connectivity index (χ2v) is 20.4. The van der Waals surface area contributed by atoms with Crippen LogP contribution in [0.3, 0.4) is 0 Å². The van der Waals surface area contributed by atoms with Crippen LogP contribution in [0.25, 0.3) is 22.1 Å². The standard InChI is InChI=1S/C43H56N6O10S/c1-8-26-17-25(2)11-9-10-12-27-20-43(27,39(52)47-60(55,56)42(6)15-16-42)46-36(50)33-19-29(23-48(33)38(51)35(26)49(40(53)54)41(3,4)5)59-37-30-14-13-28(57-7)18-31(30)32(21-45-37)34-22-44-24-58-34/h10,12-14,18,21-22,24-27,29,33,35H,8-9,11,15-17,19-20,23H2,1-7H3,(H,46,50)(H,47,52)(H,53,54)/t25-,26-,27-,29-,33+,35+,43-/m1/s1. The lowest BCUT2D eigenvalue weighted by atomic mass is 9.82. The summed E-state index contributed by atoms with van der Waals surface area (Å²) < 4.78 is 45.5. The van der Waals surface area contributed by atoms with Crippen LogP contribution in [0.2, 0.25) is 0 Å². The zero-order valence-electron chi connectivity index (χ0n) is 35.3. The largest absolute Gasteiger partial charge is 0.497 e. The lowest BCUT2D eigenvalue weighted by Gasteiger charge is -2.44. The van der Waals surface area contributed by atoms with Crippen LogP contribution < -0.4 is 19.5 Å². The number of ether oxygens (including phenoxy) is 2. The number of fused-ring (bicyclic) bond motifs is 3. The monoisotopic (exact) mass is 848 g/mol. The summed E-state index contributed by atoms with van der Waals surface area (Å²) in [6.07, 6.45) is 9.59. The molecule has 16 nitrogen and oxygen atoms in total. The molecule has 60 heavy (non-hydrogen) atoms. The van der Waals surface area contributed by atoms with Gasteiger partial charge in [-0.25, -0.2) is 23.2 Å². The molecule has 3 N–H and O–H groups in total. The number of amides is 4. The highest BCUT2D eigenvalue weighted by Gasteiger charge is 2.63. The lowest BCUT2D eigenvalue weighted by molar-refractivity contribution is -0.146. The Kier molecular flexibility index (Phi) is 11.5. The summed E-state index contributed by atoms with van der Waals surface area (Å²) in [5, 5.41) is 14.9. The molecular formula is C43H56N6O10S. The van der Waals surface area contributed by atoms with Gasteiger partial charge in [0, 0.05) is 40.4 Å². The van der Waals surface area contributed by atoms with Crippen molar-refractivity contribution in [3.05, 3.63) is 49.1 Å². The van der Waals surface area contributed by atoms with Gasteiger partial charge in [-0.15, -0.1) is 0 Å². The van der Waals surface area contributed by atoms with Crippen LogP contribution >= 0.6 is 0 Å². The maximum atomic E-state index is 15.3. The van der Waals surface area contributed by atoms with Crippen molar-refractivity contribution in [2.24, 2.45) is 17.8 Å². The molecule has 7 atom stereocenters.